The van der Waals surface area contributed by atoms with Crippen molar-refractivity contribution >= 4 is 17.5 Å². The third kappa shape index (κ3) is 3.69. The van der Waals surface area contributed by atoms with Crippen molar-refractivity contribution in [2.24, 2.45) is 0 Å². The lowest BCUT2D eigenvalue weighted by atomic mass is 10.1. The summed E-state index contributed by atoms with van der Waals surface area (Å²) in [6.45, 7) is 6.71. The van der Waals surface area contributed by atoms with Gasteiger partial charge in [0.2, 0.25) is 5.95 Å². The highest BCUT2D eigenvalue weighted by Gasteiger charge is 2.06. The Morgan fingerprint density at radius 1 is 1.04 bits per heavy atom. The van der Waals surface area contributed by atoms with Crippen LogP contribution in [0.25, 0.3) is 0 Å². The number of nitrogens with zero attached hydrogens (tertiary/aromatic N) is 2. The van der Waals surface area contributed by atoms with Gasteiger partial charge in [-0.05, 0) is 50.1 Å². The normalized spacial score (nSPS) is 10.6. The van der Waals surface area contributed by atoms with Crippen molar-refractivity contribution in [3.63, 3.8) is 0 Å². The van der Waals surface area contributed by atoms with Gasteiger partial charge in [-0.15, -0.1) is 0 Å². The summed E-state index contributed by atoms with van der Waals surface area (Å²) in [7, 11) is 0. The van der Waals surface area contributed by atoms with E-state index in [-0.39, 0.29) is 0 Å². The van der Waals surface area contributed by atoms with Gasteiger partial charge < -0.3 is 15.1 Å². The van der Waals surface area contributed by atoms with E-state index in [1.165, 1.54) is 11.1 Å². The van der Waals surface area contributed by atoms with Crippen molar-refractivity contribution in [3.05, 3.63) is 65.2 Å². The number of nitrogens with one attached hydrogen (secondary N) is 2. The van der Waals surface area contributed by atoms with Gasteiger partial charge in [0.05, 0.1) is 12.8 Å². The van der Waals surface area contributed by atoms with E-state index < -0.39 is 0 Å². The molecule has 5 nitrogen and oxygen atoms in total. The minimum Gasteiger partial charge on any atom is -0.467 e. The first-order valence-electron chi connectivity index (χ1n) is 7.57. The molecule has 0 atom stereocenters. The third-order valence-electron chi connectivity index (χ3n) is 3.72. The summed E-state index contributed by atoms with van der Waals surface area (Å²) in [6, 6.07) is 11.9. The van der Waals surface area contributed by atoms with Crippen molar-refractivity contribution < 1.29 is 4.42 Å². The summed E-state index contributed by atoms with van der Waals surface area (Å²) in [4.78, 5) is 8.94. The molecule has 0 bridgehead atoms. The second-order valence-corrected chi connectivity index (χ2v) is 5.52. The molecule has 0 aliphatic carbocycles. The predicted molar refractivity (Wildman–Crippen MR) is 92.0 cm³/mol. The van der Waals surface area contributed by atoms with Crippen LogP contribution >= 0.6 is 0 Å². The van der Waals surface area contributed by atoms with E-state index in [1.807, 2.05) is 31.2 Å². The molecular formula is C18H20N4O. The van der Waals surface area contributed by atoms with Crippen molar-refractivity contribution in [1.29, 1.82) is 0 Å². The molecule has 0 radical (unpaired) electrons. The first-order chi connectivity index (χ1) is 11.1. The Balaban J connectivity index is 1.78. The third-order valence-corrected chi connectivity index (χ3v) is 3.72. The van der Waals surface area contributed by atoms with Gasteiger partial charge in [-0.2, -0.15) is 4.98 Å². The molecule has 0 saturated carbocycles. The maximum Gasteiger partial charge on any atom is 0.225 e. The number of anilines is 3. The molecular weight excluding hydrogens is 288 g/mol. The number of hydrogen-bond donors (Lipinski definition) is 2. The van der Waals surface area contributed by atoms with Crippen LogP contribution < -0.4 is 10.6 Å². The maximum absolute atomic E-state index is 5.31. The molecule has 23 heavy (non-hydrogen) atoms. The fourth-order valence-corrected chi connectivity index (χ4v) is 2.32. The average molecular weight is 308 g/mol. The van der Waals surface area contributed by atoms with Crippen molar-refractivity contribution in [1.82, 2.24) is 9.97 Å². The molecule has 0 fully saturated rings. The minimum atomic E-state index is 0.555. The predicted octanol–water partition coefficient (Wildman–Crippen LogP) is 4.35. The second kappa shape index (κ2) is 6.52. The molecule has 0 amide bonds. The first-order valence-corrected chi connectivity index (χ1v) is 7.57. The molecule has 3 rings (SSSR count). The molecule has 2 N–H and O–H groups in total. The number of hydrogen-bond acceptors (Lipinski definition) is 5. The largest absolute Gasteiger partial charge is 0.467 e. The van der Waals surface area contributed by atoms with E-state index >= 15 is 0 Å². The molecule has 0 spiro atoms. The zero-order valence-corrected chi connectivity index (χ0v) is 13.6. The number of aryl methyl sites for hydroxylation is 2. The lowest BCUT2D eigenvalue weighted by Crippen LogP contribution is -2.06. The minimum absolute atomic E-state index is 0.555. The average Bonchev–Trinajstić information content (AvgIpc) is 3.03. The van der Waals surface area contributed by atoms with E-state index in [9.17, 15) is 0 Å². The lowest BCUT2D eigenvalue weighted by molar-refractivity contribution is 0.517. The van der Waals surface area contributed by atoms with Gasteiger partial charge in [0.25, 0.3) is 0 Å². The summed E-state index contributed by atoms with van der Waals surface area (Å²) in [5, 5.41) is 6.56. The van der Waals surface area contributed by atoms with Gasteiger partial charge in [-0.3, -0.25) is 0 Å². The van der Waals surface area contributed by atoms with E-state index in [2.05, 4.69) is 46.6 Å². The Hall–Kier alpha value is -2.82. The molecule has 5 heteroatoms. The highest BCUT2D eigenvalue weighted by molar-refractivity contribution is 5.62. The monoisotopic (exact) mass is 308 g/mol. The van der Waals surface area contributed by atoms with Gasteiger partial charge in [-0.1, -0.05) is 12.1 Å². The number of rotatable bonds is 5. The van der Waals surface area contributed by atoms with Crippen LogP contribution in [0.1, 0.15) is 22.6 Å². The van der Waals surface area contributed by atoms with Gasteiger partial charge in [0.15, 0.2) is 0 Å². The number of furan rings is 1. The number of benzene rings is 1. The summed E-state index contributed by atoms with van der Waals surface area (Å²) >= 11 is 0. The van der Waals surface area contributed by atoms with Gasteiger partial charge in [-0.25, -0.2) is 4.98 Å². The summed E-state index contributed by atoms with van der Waals surface area (Å²) in [5.74, 6) is 2.20. The highest BCUT2D eigenvalue weighted by Crippen LogP contribution is 2.22. The van der Waals surface area contributed by atoms with Crippen LogP contribution in [0.5, 0.6) is 0 Å². The smallest absolute Gasteiger partial charge is 0.225 e. The standard InChI is InChI=1S/C18H20N4O/c1-12-6-4-8-16(14(12)3)21-17-10-13(2)20-18(22-17)19-11-15-7-5-9-23-15/h4-10H,11H2,1-3H3,(H2,19,20,21,22). The zero-order valence-electron chi connectivity index (χ0n) is 13.6. The van der Waals surface area contributed by atoms with Crippen molar-refractivity contribution in [3.8, 4) is 0 Å². The SMILES string of the molecule is Cc1cc(Nc2cccc(C)c2C)nc(NCc2ccco2)n1. The molecule has 3 aromatic rings. The van der Waals surface area contributed by atoms with E-state index in [0.29, 0.717) is 12.5 Å². The Morgan fingerprint density at radius 2 is 1.91 bits per heavy atom. The maximum atomic E-state index is 5.31. The van der Waals surface area contributed by atoms with E-state index in [1.54, 1.807) is 6.26 Å². The lowest BCUT2D eigenvalue weighted by Gasteiger charge is -2.12. The first kappa shape index (κ1) is 15.1. The molecule has 1 aromatic carbocycles. The quantitative estimate of drug-likeness (QED) is 0.733. The van der Waals surface area contributed by atoms with Gasteiger partial charge in [0.1, 0.15) is 11.6 Å². The van der Waals surface area contributed by atoms with Crippen molar-refractivity contribution in [2.45, 2.75) is 27.3 Å². The number of aromatic nitrogens is 2. The molecule has 0 aliphatic rings. The van der Waals surface area contributed by atoms with Gasteiger partial charge >= 0.3 is 0 Å². The van der Waals surface area contributed by atoms with Crippen LogP contribution in [0.15, 0.2) is 47.1 Å². The summed E-state index contributed by atoms with van der Waals surface area (Å²) < 4.78 is 5.31. The zero-order chi connectivity index (χ0) is 16.2. The molecule has 0 saturated heterocycles. The van der Waals surface area contributed by atoms with Crippen LogP contribution in [0.4, 0.5) is 17.5 Å². The van der Waals surface area contributed by atoms with Crippen LogP contribution in [0, 0.1) is 20.8 Å². The van der Waals surface area contributed by atoms with E-state index in [4.69, 9.17) is 4.42 Å². The van der Waals surface area contributed by atoms with Crippen LogP contribution in [-0.2, 0) is 6.54 Å². The Morgan fingerprint density at radius 3 is 2.70 bits per heavy atom. The Labute approximate surface area is 135 Å². The van der Waals surface area contributed by atoms with Crippen LogP contribution in [0.2, 0.25) is 0 Å². The molecule has 0 unspecified atom stereocenters. The summed E-state index contributed by atoms with van der Waals surface area (Å²) in [5.41, 5.74) is 4.42. The van der Waals surface area contributed by atoms with Crippen LogP contribution in [-0.4, -0.2) is 9.97 Å². The molecule has 118 valence electrons. The van der Waals surface area contributed by atoms with E-state index in [0.717, 1.165) is 23.0 Å². The second-order valence-electron chi connectivity index (χ2n) is 5.52. The fraction of sp³-hybridized carbons (Fsp3) is 0.222. The Kier molecular flexibility index (Phi) is 4.28. The molecule has 2 heterocycles. The fourth-order valence-electron chi connectivity index (χ4n) is 2.32. The Bertz CT molecular complexity index is 797. The van der Waals surface area contributed by atoms with Crippen molar-refractivity contribution in [2.75, 3.05) is 10.6 Å². The highest BCUT2D eigenvalue weighted by atomic mass is 16.3. The topological polar surface area (TPSA) is 63.0 Å². The molecule has 0 aliphatic heterocycles. The van der Waals surface area contributed by atoms with Gasteiger partial charge in [0, 0.05) is 17.4 Å². The molecule has 2 aromatic heterocycles. The van der Waals surface area contributed by atoms with Crippen LogP contribution in [0.3, 0.4) is 0 Å². The summed E-state index contributed by atoms with van der Waals surface area (Å²) in [6.07, 6.45) is 1.65.